The first-order valence-electron chi connectivity index (χ1n) is 8.46. The molecule has 28 heavy (non-hydrogen) atoms. The van der Waals surface area contributed by atoms with Crippen LogP contribution in [0.2, 0.25) is 0 Å². The van der Waals surface area contributed by atoms with Gasteiger partial charge in [0.2, 0.25) is 5.91 Å². The van der Waals surface area contributed by atoms with Gasteiger partial charge in [-0.15, -0.1) is 0 Å². The smallest absolute Gasteiger partial charge is 0.274 e. The molecule has 138 valence electrons. The van der Waals surface area contributed by atoms with Crippen molar-refractivity contribution < 1.29 is 9.59 Å². The SMILES string of the molecule is CC(=O)Nc1cccc(NC(=O)c2cc(Nc3cccc(C#N)c3)ccn2)c1. The molecule has 0 saturated carbocycles. The number of nitriles is 1. The molecule has 3 rings (SSSR count). The zero-order valence-corrected chi connectivity index (χ0v) is 15.1. The highest BCUT2D eigenvalue weighted by Crippen LogP contribution is 2.19. The zero-order chi connectivity index (χ0) is 19.9. The van der Waals surface area contributed by atoms with E-state index in [4.69, 9.17) is 5.26 Å². The van der Waals surface area contributed by atoms with Crippen molar-refractivity contribution >= 4 is 34.6 Å². The van der Waals surface area contributed by atoms with E-state index >= 15 is 0 Å². The van der Waals surface area contributed by atoms with E-state index < -0.39 is 0 Å². The Labute approximate surface area is 162 Å². The van der Waals surface area contributed by atoms with Crippen LogP contribution in [0.3, 0.4) is 0 Å². The number of nitrogens with one attached hydrogen (secondary N) is 3. The van der Waals surface area contributed by atoms with Gasteiger partial charge in [0.1, 0.15) is 5.69 Å². The Balaban J connectivity index is 1.73. The number of pyridine rings is 1. The van der Waals surface area contributed by atoms with Gasteiger partial charge < -0.3 is 16.0 Å². The number of rotatable bonds is 5. The molecule has 0 fully saturated rings. The lowest BCUT2D eigenvalue weighted by Gasteiger charge is -2.10. The summed E-state index contributed by atoms with van der Waals surface area (Å²) in [5.74, 6) is -0.571. The van der Waals surface area contributed by atoms with Gasteiger partial charge >= 0.3 is 0 Å². The third-order valence-corrected chi connectivity index (χ3v) is 3.71. The molecule has 3 N–H and O–H groups in total. The highest BCUT2D eigenvalue weighted by atomic mass is 16.2. The summed E-state index contributed by atoms with van der Waals surface area (Å²) in [5.41, 5.74) is 3.30. The summed E-state index contributed by atoms with van der Waals surface area (Å²) in [6, 6.07) is 19.3. The normalized spacial score (nSPS) is 9.86. The monoisotopic (exact) mass is 371 g/mol. The first-order valence-corrected chi connectivity index (χ1v) is 8.46. The summed E-state index contributed by atoms with van der Waals surface area (Å²) in [6.45, 7) is 1.42. The van der Waals surface area contributed by atoms with Crippen LogP contribution in [0.15, 0.2) is 66.9 Å². The van der Waals surface area contributed by atoms with Gasteiger partial charge in [-0.25, -0.2) is 0 Å². The number of aromatic nitrogens is 1. The molecule has 0 aliphatic rings. The van der Waals surface area contributed by atoms with Gasteiger partial charge in [-0.05, 0) is 48.5 Å². The lowest BCUT2D eigenvalue weighted by Crippen LogP contribution is -2.14. The second-order valence-corrected chi connectivity index (χ2v) is 5.96. The Morgan fingerprint density at radius 3 is 2.32 bits per heavy atom. The van der Waals surface area contributed by atoms with E-state index in [1.165, 1.54) is 13.1 Å². The Bertz CT molecular complexity index is 1070. The fraction of sp³-hybridized carbons (Fsp3) is 0.0476. The average Bonchev–Trinajstić information content (AvgIpc) is 2.68. The quantitative estimate of drug-likeness (QED) is 0.630. The van der Waals surface area contributed by atoms with Crippen molar-refractivity contribution in [2.45, 2.75) is 6.92 Å². The van der Waals surface area contributed by atoms with E-state index in [0.29, 0.717) is 22.6 Å². The van der Waals surface area contributed by atoms with Gasteiger partial charge in [0.25, 0.3) is 5.91 Å². The number of benzene rings is 2. The molecule has 0 radical (unpaired) electrons. The van der Waals surface area contributed by atoms with Crippen molar-refractivity contribution in [1.82, 2.24) is 4.98 Å². The molecule has 0 atom stereocenters. The summed E-state index contributed by atoms with van der Waals surface area (Å²) in [4.78, 5) is 27.8. The number of hydrogen-bond acceptors (Lipinski definition) is 5. The molecule has 3 aromatic rings. The molecule has 1 heterocycles. The van der Waals surface area contributed by atoms with Crippen LogP contribution >= 0.6 is 0 Å². The highest BCUT2D eigenvalue weighted by Gasteiger charge is 2.09. The van der Waals surface area contributed by atoms with Gasteiger partial charge in [-0.1, -0.05) is 12.1 Å². The summed E-state index contributed by atoms with van der Waals surface area (Å²) >= 11 is 0. The van der Waals surface area contributed by atoms with Crippen molar-refractivity contribution in [3.05, 3.63) is 78.1 Å². The Kier molecular flexibility index (Phi) is 5.63. The molecule has 0 aliphatic heterocycles. The first-order chi connectivity index (χ1) is 13.5. The molecule has 7 nitrogen and oxygen atoms in total. The summed E-state index contributed by atoms with van der Waals surface area (Å²) < 4.78 is 0. The zero-order valence-electron chi connectivity index (χ0n) is 15.1. The van der Waals surface area contributed by atoms with Crippen molar-refractivity contribution in [2.24, 2.45) is 0 Å². The van der Waals surface area contributed by atoms with Crippen LogP contribution in [0.5, 0.6) is 0 Å². The van der Waals surface area contributed by atoms with E-state index in [2.05, 4.69) is 27.0 Å². The number of nitrogens with zero attached hydrogens (tertiary/aromatic N) is 2. The molecule has 1 aromatic heterocycles. The minimum absolute atomic E-state index is 0.190. The first kappa shape index (κ1) is 18.6. The maximum atomic E-state index is 12.5. The van der Waals surface area contributed by atoms with Crippen molar-refractivity contribution in [1.29, 1.82) is 5.26 Å². The van der Waals surface area contributed by atoms with Crippen LogP contribution in [-0.4, -0.2) is 16.8 Å². The summed E-state index contributed by atoms with van der Waals surface area (Å²) in [5, 5.41) is 17.6. The largest absolute Gasteiger partial charge is 0.355 e. The predicted molar refractivity (Wildman–Crippen MR) is 107 cm³/mol. The van der Waals surface area contributed by atoms with Crippen LogP contribution in [-0.2, 0) is 4.79 Å². The summed E-state index contributed by atoms with van der Waals surface area (Å²) in [7, 11) is 0. The Hall–Kier alpha value is -4.18. The van der Waals surface area contributed by atoms with Gasteiger partial charge in [0, 0.05) is 35.9 Å². The van der Waals surface area contributed by atoms with Gasteiger partial charge in [0.15, 0.2) is 0 Å². The number of carbonyl (C=O) groups excluding carboxylic acids is 2. The molecule has 0 spiro atoms. The number of carbonyl (C=O) groups is 2. The second kappa shape index (κ2) is 8.47. The van der Waals surface area contributed by atoms with E-state index in [9.17, 15) is 9.59 Å². The molecular formula is C21H17N5O2. The van der Waals surface area contributed by atoms with Crippen LogP contribution in [0.25, 0.3) is 0 Å². The molecule has 0 aliphatic carbocycles. The van der Waals surface area contributed by atoms with Gasteiger partial charge in [-0.3, -0.25) is 14.6 Å². The molecule has 0 saturated heterocycles. The lowest BCUT2D eigenvalue weighted by molar-refractivity contribution is -0.114. The molecule has 7 heteroatoms. The second-order valence-electron chi connectivity index (χ2n) is 5.96. The minimum Gasteiger partial charge on any atom is -0.355 e. The maximum absolute atomic E-state index is 12.5. The van der Waals surface area contributed by atoms with E-state index in [1.54, 1.807) is 54.6 Å². The van der Waals surface area contributed by atoms with Gasteiger partial charge in [-0.2, -0.15) is 5.26 Å². The molecule has 2 amide bonds. The minimum atomic E-state index is -0.380. The lowest BCUT2D eigenvalue weighted by atomic mass is 10.2. The van der Waals surface area contributed by atoms with Crippen LogP contribution in [0.4, 0.5) is 22.7 Å². The van der Waals surface area contributed by atoms with Crippen molar-refractivity contribution in [2.75, 3.05) is 16.0 Å². The van der Waals surface area contributed by atoms with Crippen LogP contribution in [0, 0.1) is 11.3 Å². The molecule has 0 bridgehead atoms. The van der Waals surface area contributed by atoms with Crippen molar-refractivity contribution in [3.63, 3.8) is 0 Å². The standard InChI is InChI=1S/C21H17N5O2/c1-14(27)24-17-6-3-7-18(11-17)26-21(28)20-12-19(8-9-23-20)25-16-5-2-4-15(10-16)13-22/h2-12H,1H3,(H,23,25)(H,24,27)(H,26,28). The van der Waals surface area contributed by atoms with Gasteiger partial charge in [0.05, 0.1) is 11.6 Å². The number of amides is 2. The Morgan fingerprint density at radius 2 is 1.57 bits per heavy atom. The van der Waals surface area contributed by atoms with Crippen molar-refractivity contribution in [3.8, 4) is 6.07 Å². The highest BCUT2D eigenvalue weighted by molar-refractivity contribution is 6.03. The maximum Gasteiger partial charge on any atom is 0.274 e. The van der Waals surface area contributed by atoms with Crippen LogP contribution < -0.4 is 16.0 Å². The van der Waals surface area contributed by atoms with E-state index in [0.717, 1.165) is 5.69 Å². The van der Waals surface area contributed by atoms with Crippen LogP contribution in [0.1, 0.15) is 23.0 Å². The fourth-order valence-corrected chi connectivity index (χ4v) is 2.54. The van der Waals surface area contributed by atoms with E-state index in [1.807, 2.05) is 6.07 Å². The average molecular weight is 371 g/mol. The number of anilines is 4. The molecule has 0 unspecified atom stereocenters. The van der Waals surface area contributed by atoms with E-state index in [-0.39, 0.29) is 17.5 Å². The summed E-state index contributed by atoms with van der Waals surface area (Å²) in [6.07, 6.45) is 1.53. The predicted octanol–water partition coefficient (Wildman–Crippen LogP) is 3.91. The third kappa shape index (κ3) is 4.93. The third-order valence-electron chi connectivity index (χ3n) is 3.71. The molecule has 2 aromatic carbocycles. The topological polar surface area (TPSA) is 107 Å². The number of hydrogen-bond donors (Lipinski definition) is 3. The Morgan fingerprint density at radius 1 is 0.893 bits per heavy atom. The molecular weight excluding hydrogens is 354 g/mol. The fourth-order valence-electron chi connectivity index (χ4n) is 2.54.